The van der Waals surface area contributed by atoms with E-state index in [1.165, 1.54) is 0 Å². The van der Waals surface area contributed by atoms with Gasteiger partial charge >= 0.3 is 0 Å². The van der Waals surface area contributed by atoms with E-state index in [9.17, 15) is 9.59 Å². The molecule has 0 spiro atoms. The maximum Gasteiger partial charge on any atom is 0.247 e. The van der Waals surface area contributed by atoms with Crippen LogP contribution in [0.2, 0.25) is 5.02 Å². The number of nitrogens with zero attached hydrogens (tertiary/aromatic N) is 2. The van der Waals surface area contributed by atoms with E-state index in [0.29, 0.717) is 11.6 Å². The highest BCUT2D eigenvalue weighted by Gasteiger charge is 2.31. The molecule has 176 valence electrons. The summed E-state index contributed by atoms with van der Waals surface area (Å²) in [6, 6.07) is 29.2. The number of nitrogens with one attached hydrogen (secondary N) is 1. The first-order chi connectivity index (χ1) is 17.1. The molecular weight excluding hydrogens is 458 g/mol. The molecule has 6 heteroatoms. The van der Waals surface area contributed by atoms with E-state index in [1.54, 1.807) is 29.4 Å². The van der Waals surface area contributed by atoms with E-state index in [2.05, 4.69) is 10.3 Å². The molecule has 0 bridgehead atoms. The van der Waals surface area contributed by atoms with Crippen LogP contribution in [0.5, 0.6) is 0 Å². The van der Waals surface area contributed by atoms with E-state index in [-0.39, 0.29) is 24.8 Å². The van der Waals surface area contributed by atoms with Crippen LogP contribution in [-0.4, -0.2) is 21.7 Å². The SMILES string of the molecule is O=C(NCc1ccncc1)[C@H](c1ccccc1)N(Cc1ccc(Cl)cc1)C(=O)Cc1ccccc1. The van der Waals surface area contributed by atoms with E-state index in [1.807, 2.05) is 84.9 Å². The first-order valence-corrected chi connectivity index (χ1v) is 11.8. The molecule has 35 heavy (non-hydrogen) atoms. The molecular formula is C29H26ClN3O2. The molecule has 3 aromatic carbocycles. The van der Waals surface area contributed by atoms with Crippen molar-refractivity contribution in [3.05, 3.63) is 137 Å². The Labute approximate surface area is 210 Å². The molecule has 1 aromatic heterocycles. The summed E-state index contributed by atoms with van der Waals surface area (Å²) in [5.74, 6) is -0.387. The summed E-state index contributed by atoms with van der Waals surface area (Å²) in [6.45, 7) is 0.609. The second-order valence-electron chi connectivity index (χ2n) is 8.20. The molecule has 4 aromatic rings. The average Bonchev–Trinajstić information content (AvgIpc) is 2.90. The summed E-state index contributed by atoms with van der Waals surface area (Å²) in [7, 11) is 0. The standard InChI is InChI=1S/C29H26ClN3O2/c30-26-13-11-24(12-14-26)21-33(27(34)19-22-7-3-1-4-8-22)28(25-9-5-2-6-10-25)29(35)32-20-23-15-17-31-18-16-23/h1-18,28H,19-21H2,(H,32,35)/t28-/m0/s1. The molecule has 0 saturated heterocycles. The molecule has 2 amide bonds. The quantitative estimate of drug-likeness (QED) is 0.348. The van der Waals surface area contributed by atoms with Crippen LogP contribution in [0.15, 0.2) is 109 Å². The third kappa shape index (κ3) is 6.78. The molecule has 4 rings (SSSR count). The zero-order valence-electron chi connectivity index (χ0n) is 19.2. The molecule has 1 N–H and O–H groups in total. The van der Waals surface area contributed by atoms with E-state index in [4.69, 9.17) is 11.6 Å². The Bertz CT molecular complexity index is 1230. The molecule has 1 atom stereocenters. The Morgan fingerprint density at radius 1 is 0.771 bits per heavy atom. The van der Waals surface area contributed by atoms with E-state index in [0.717, 1.165) is 22.3 Å². The summed E-state index contributed by atoms with van der Waals surface area (Å²) < 4.78 is 0. The molecule has 0 fully saturated rings. The molecule has 0 aliphatic heterocycles. The van der Waals surface area contributed by atoms with Crippen molar-refractivity contribution >= 4 is 23.4 Å². The van der Waals surface area contributed by atoms with Gasteiger partial charge in [-0.05, 0) is 46.5 Å². The summed E-state index contributed by atoms with van der Waals surface area (Å²) in [4.78, 5) is 33.0. The Hall–Kier alpha value is -3.96. The van der Waals surface area contributed by atoms with Crippen LogP contribution in [0.25, 0.3) is 0 Å². The number of carbonyl (C=O) groups is 2. The highest BCUT2D eigenvalue weighted by Crippen LogP contribution is 2.25. The second-order valence-corrected chi connectivity index (χ2v) is 8.63. The van der Waals surface area contributed by atoms with Gasteiger partial charge in [0.15, 0.2) is 0 Å². The van der Waals surface area contributed by atoms with Crippen molar-refractivity contribution in [2.75, 3.05) is 0 Å². The highest BCUT2D eigenvalue weighted by molar-refractivity contribution is 6.30. The van der Waals surface area contributed by atoms with Crippen LogP contribution in [0.3, 0.4) is 0 Å². The van der Waals surface area contributed by atoms with Gasteiger partial charge in [-0.25, -0.2) is 0 Å². The minimum atomic E-state index is -0.801. The van der Waals surface area contributed by atoms with Crippen molar-refractivity contribution in [1.82, 2.24) is 15.2 Å². The number of halogens is 1. The lowest BCUT2D eigenvalue weighted by Crippen LogP contribution is -2.43. The van der Waals surface area contributed by atoms with Crippen LogP contribution in [0, 0.1) is 0 Å². The molecule has 0 aliphatic carbocycles. The van der Waals surface area contributed by atoms with Crippen LogP contribution in [0.1, 0.15) is 28.3 Å². The van der Waals surface area contributed by atoms with Crippen LogP contribution in [0.4, 0.5) is 0 Å². The normalized spacial score (nSPS) is 11.5. The van der Waals surface area contributed by atoms with Gasteiger partial charge in [0.1, 0.15) is 6.04 Å². The Balaban J connectivity index is 1.66. The third-order valence-corrected chi connectivity index (χ3v) is 5.93. The largest absolute Gasteiger partial charge is 0.350 e. The second kappa shape index (κ2) is 12.0. The summed E-state index contributed by atoms with van der Waals surface area (Å²) in [6.07, 6.45) is 3.56. The Morgan fingerprint density at radius 3 is 2.06 bits per heavy atom. The number of hydrogen-bond donors (Lipinski definition) is 1. The van der Waals surface area contributed by atoms with Gasteiger partial charge in [0.25, 0.3) is 0 Å². The molecule has 1 heterocycles. The van der Waals surface area contributed by atoms with Gasteiger partial charge in [0.05, 0.1) is 6.42 Å². The van der Waals surface area contributed by atoms with Crippen molar-refractivity contribution in [3.63, 3.8) is 0 Å². The zero-order valence-corrected chi connectivity index (χ0v) is 19.9. The van der Waals surface area contributed by atoms with E-state index >= 15 is 0 Å². The molecule has 0 saturated carbocycles. The predicted molar refractivity (Wildman–Crippen MR) is 137 cm³/mol. The number of hydrogen-bond acceptors (Lipinski definition) is 3. The predicted octanol–water partition coefficient (Wildman–Crippen LogP) is 5.36. The monoisotopic (exact) mass is 483 g/mol. The first kappa shape index (κ1) is 24.2. The number of amides is 2. The van der Waals surface area contributed by atoms with Crippen LogP contribution < -0.4 is 5.32 Å². The van der Waals surface area contributed by atoms with Crippen molar-refractivity contribution in [2.45, 2.75) is 25.6 Å². The lowest BCUT2D eigenvalue weighted by molar-refractivity contribution is -0.141. The maximum atomic E-state index is 13.7. The van der Waals surface area contributed by atoms with Crippen LogP contribution >= 0.6 is 11.6 Å². The van der Waals surface area contributed by atoms with Crippen molar-refractivity contribution in [2.24, 2.45) is 0 Å². The summed E-state index contributed by atoms with van der Waals surface area (Å²) >= 11 is 6.08. The fraction of sp³-hybridized carbons (Fsp3) is 0.138. The van der Waals surface area contributed by atoms with Crippen LogP contribution in [-0.2, 0) is 29.1 Å². The molecule has 0 aliphatic rings. The molecule has 0 unspecified atom stereocenters. The van der Waals surface area contributed by atoms with E-state index < -0.39 is 6.04 Å². The van der Waals surface area contributed by atoms with Crippen molar-refractivity contribution in [3.8, 4) is 0 Å². The number of benzene rings is 3. The van der Waals surface area contributed by atoms with Gasteiger partial charge in [-0.3, -0.25) is 14.6 Å². The highest BCUT2D eigenvalue weighted by atomic mass is 35.5. The summed E-state index contributed by atoms with van der Waals surface area (Å²) in [5, 5.41) is 3.63. The fourth-order valence-corrected chi connectivity index (χ4v) is 4.00. The molecule has 5 nitrogen and oxygen atoms in total. The zero-order chi connectivity index (χ0) is 24.5. The Morgan fingerprint density at radius 2 is 1.40 bits per heavy atom. The minimum Gasteiger partial charge on any atom is -0.350 e. The summed E-state index contributed by atoms with van der Waals surface area (Å²) in [5.41, 5.74) is 3.46. The van der Waals surface area contributed by atoms with Crippen molar-refractivity contribution < 1.29 is 9.59 Å². The van der Waals surface area contributed by atoms with Crippen molar-refractivity contribution in [1.29, 1.82) is 0 Å². The lowest BCUT2D eigenvalue weighted by Gasteiger charge is -2.32. The molecule has 0 radical (unpaired) electrons. The third-order valence-electron chi connectivity index (χ3n) is 5.68. The van der Waals surface area contributed by atoms with Gasteiger partial charge in [0.2, 0.25) is 11.8 Å². The van der Waals surface area contributed by atoms with Gasteiger partial charge in [-0.2, -0.15) is 0 Å². The maximum absolute atomic E-state index is 13.7. The smallest absolute Gasteiger partial charge is 0.247 e. The number of carbonyl (C=O) groups excluding carboxylic acids is 2. The Kier molecular flexibility index (Phi) is 8.25. The fourth-order valence-electron chi connectivity index (χ4n) is 3.88. The van der Waals surface area contributed by atoms with Gasteiger partial charge in [-0.1, -0.05) is 84.4 Å². The topological polar surface area (TPSA) is 62.3 Å². The first-order valence-electron chi connectivity index (χ1n) is 11.4. The van der Waals surface area contributed by atoms with Gasteiger partial charge in [-0.15, -0.1) is 0 Å². The van der Waals surface area contributed by atoms with Gasteiger partial charge < -0.3 is 10.2 Å². The lowest BCUT2D eigenvalue weighted by atomic mass is 10.0. The average molecular weight is 484 g/mol. The number of rotatable bonds is 9. The minimum absolute atomic E-state index is 0.140. The number of pyridine rings is 1. The van der Waals surface area contributed by atoms with Gasteiger partial charge in [0, 0.05) is 30.5 Å². The number of aromatic nitrogens is 1.